The second-order valence-electron chi connectivity index (χ2n) is 19.6. The number of nitrogens with one attached hydrogen (secondary N) is 6. The van der Waals surface area contributed by atoms with E-state index in [1.54, 1.807) is 24.8 Å². The van der Waals surface area contributed by atoms with Gasteiger partial charge in [-0.05, 0) is 130 Å². The molecular formula is C62H66F2N16. The molecule has 0 bridgehead atoms. The number of nitrogens with zero attached hydrogens (tertiary/aromatic N) is 10. The first-order valence-corrected chi connectivity index (χ1v) is 26.4. The molecule has 0 aliphatic rings. The van der Waals surface area contributed by atoms with Gasteiger partial charge in [0.15, 0.2) is 11.6 Å². The van der Waals surface area contributed by atoms with Crippen molar-refractivity contribution in [2.45, 2.75) is 20.8 Å². The lowest BCUT2D eigenvalue weighted by Gasteiger charge is -2.13. The molecule has 0 saturated carbocycles. The van der Waals surface area contributed by atoms with Crippen LogP contribution in [0.2, 0.25) is 0 Å². The van der Waals surface area contributed by atoms with E-state index >= 15 is 0 Å². The Bertz CT molecular complexity index is 4060. The average molecular weight is 1070 g/mol. The van der Waals surface area contributed by atoms with Crippen LogP contribution in [0.25, 0.3) is 107 Å². The van der Waals surface area contributed by atoms with Gasteiger partial charge in [-0.2, -0.15) is 10.2 Å². The van der Waals surface area contributed by atoms with Crippen LogP contribution < -0.4 is 26.1 Å². The van der Waals surface area contributed by atoms with Crippen LogP contribution in [-0.2, 0) is 0 Å². The summed E-state index contributed by atoms with van der Waals surface area (Å²) in [7, 11) is 12.0. The molecule has 7 heterocycles. The summed E-state index contributed by atoms with van der Waals surface area (Å²) in [6.07, 6.45) is 12.9. The van der Waals surface area contributed by atoms with Gasteiger partial charge in [0.25, 0.3) is 0 Å². The number of hydrogen-bond donors (Lipinski definition) is 6. The van der Waals surface area contributed by atoms with E-state index in [9.17, 15) is 8.78 Å². The van der Waals surface area contributed by atoms with Gasteiger partial charge in [0.05, 0.1) is 56.7 Å². The van der Waals surface area contributed by atoms with E-state index in [2.05, 4.69) is 78.4 Å². The van der Waals surface area contributed by atoms with Crippen LogP contribution in [0.1, 0.15) is 26.3 Å². The van der Waals surface area contributed by atoms with E-state index in [-0.39, 0.29) is 11.6 Å². The molecular weight excluding hydrogens is 1010 g/mol. The fraction of sp³-hybridized carbons (Fsp3) is 0.210. The lowest BCUT2D eigenvalue weighted by molar-refractivity contribution is 0.425. The lowest BCUT2D eigenvalue weighted by Crippen LogP contribution is -2.23. The van der Waals surface area contributed by atoms with Gasteiger partial charge < -0.3 is 35.3 Å². The second-order valence-corrected chi connectivity index (χ2v) is 19.6. The first-order valence-electron chi connectivity index (χ1n) is 26.4. The van der Waals surface area contributed by atoms with Gasteiger partial charge in [-0.1, -0.05) is 56.8 Å². The number of H-pyrrole nitrogens is 4. The SMILES string of the molecule is C=C(/C=c1/c(-c2nc3c(-c4cc(F)cc(NCCN(C)C)c4)cccc3[nH]2)n[nH]/c1=C/C)c1cccnc1.CC.CN(C)CCNc1cc(F)cc(-c2cccc3[nH]c(-c4n[nH]c5cnc(-c6cncc(N(C)C)c6)cc45)nc23)c1. The molecule has 0 spiro atoms. The standard InChI is InChI=1S/C30H30FN9.C30H30FN7.C2H6/c1-39(2)9-8-33-21-11-18(10-20(31)13-21)23-6-5-7-25-28(23)36-30(35-25)29-24-14-26(34-17-27(24)37-38-29)19-12-22(40(3)4)16-32-15-19;1-5-26-25(14-19(2)20-8-7-11-32-18-20)29(37-36-26)30-34-27-10-6-9-24(28(27)35-30)21-15-22(31)17-23(16-21)33-12-13-38(3)4;1-2/h5-7,10-17,33H,8-9H2,1-4H3,(H,35,36)(H,37,38);5-11,14-18,33,36H,2,12-13H2,1,3-4H3,(H,34,35);1-2H3/b;25-14+,26-5+;. The Labute approximate surface area is 463 Å². The van der Waals surface area contributed by atoms with Crippen LogP contribution in [-0.4, -0.2) is 134 Å². The monoisotopic (exact) mass is 1070 g/mol. The molecule has 0 atom stereocenters. The van der Waals surface area contributed by atoms with Gasteiger partial charge in [0.1, 0.15) is 23.0 Å². The van der Waals surface area contributed by atoms with Crippen molar-refractivity contribution in [2.24, 2.45) is 0 Å². The molecule has 0 saturated heterocycles. The highest BCUT2D eigenvalue weighted by Crippen LogP contribution is 2.35. The van der Waals surface area contributed by atoms with Crippen molar-refractivity contribution in [1.29, 1.82) is 0 Å². The van der Waals surface area contributed by atoms with Gasteiger partial charge in [0.2, 0.25) is 0 Å². The maximum Gasteiger partial charge on any atom is 0.159 e. The number of hydrogen-bond acceptors (Lipinski definition) is 12. The number of fused-ring (bicyclic) bond motifs is 3. The number of likely N-dealkylation sites (N-methyl/N-ethyl adjacent to an activating group) is 2. The van der Waals surface area contributed by atoms with Crippen LogP contribution in [0.15, 0.2) is 135 Å². The fourth-order valence-corrected chi connectivity index (χ4v) is 9.09. The van der Waals surface area contributed by atoms with Crippen LogP contribution in [0.4, 0.5) is 25.8 Å². The van der Waals surface area contributed by atoms with Crippen molar-refractivity contribution in [1.82, 2.24) is 65.1 Å². The van der Waals surface area contributed by atoms with Crippen LogP contribution in [0.5, 0.6) is 0 Å². The maximum absolute atomic E-state index is 14.6. The molecule has 11 aromatic rings. The number of anilines is 3. The Morgan fingerprint density at radius 1 is 0.625 bits per heavy atom. The number of halogens is 2. The molecule has 11 rings (SSSR count). The highest BCUT2D eigenvalue weighted by Gasteiger charge is 2.19. The summed E-state index contributed by atoms with van der Waals surface area (Å²) in [6.45, 7) is 13.3. The fourth-order valence-electron chi connectivity index (χ4n) is 9.09. The largest absolute Gasteiger partial charge is 0.384 e. The van der Waals surface area contributed by atoms with Crippen LogP contribution in [0.3, 0.4) is 0 Å². The van der Waals surface area contributed by atoms with Crippen molar-refractivity contribution < 1.29 is 8.78 Å². The zero-order valence-electron chi connectivity index (χ0n) is 46.5. The molecule has 0 fully saturated rings. The number of aromatic nitrogens is 11. The lowest BCUT2D eigenvalue weighted by atomic mass is 10.0. The van der Waals surface area contributed by atoms with Crippen molar-refractivity contribution in [3.63, 3.8) is 0 Å². The third-order valence-electron chi connectivity index (χ3n) is 13.1. The molecule has 16 nitrogen and oxygen atoms in total. The van der Waals surface area contributed by atoms with Gasteiger partial charge in [0, 0.05) is 97.5 Å². The minimum absolute atomic E-state index is 0.302. The third-order valence-corrected chi connectivity index (χ3v) is 13.1. The van der Waals surface area contributed by atoms with E-state index in [1.165, 1.54) is 24.3 Å². The zero-order chi connectivity index (χ0) is 56.5. The summed E-state index contributed by atoms with van der Waals surface area (Å²) in [5.74, 6) is 0.627. The third kappa shape index (κ3) is 12.6. The van der Waals surface area contributed by atoms with Crippen LogP contribution in [0, 0.1) is 11.6 Å². The topological polar surface area (TPSA) is 187 Å². The molecule has 0 aliphatic heterocycles. The summed E-state index contributed by atoms with van der Waals surface area (Å²) in [5.41, 5.74) is 14.4. The quantitative estimate of drug-likeness (QED) is 0.0538. The number of pyridine rings is 3. The van der Waals surface area contributed by atoms with E-state index < -0.39 is 0 Å². The highest BCUT2D eigenvalue weighted by atomic mass is 19.1. The minimum atomic E-state index is -0.302. The molecule has 408 valence electrons. The Hall–Kier alpha value is -9.39. The predicted molar refractivity (Wildman–Crippen MR) is 324 cm³/mol. The van der Waals surface area contributed by atoms with Gasteiger partial charge >= 0.3 is 0 Å². The summed E-state index contributed by atoms with van der Waals surface area (Å²) >= 11 is 0. The summed E-state index contributed by atoms with van der Waals surface area (Å²) in [6, 6.07) is 29.6. The molecule has 0 unspecified atom stereocenters. The molecule has 6 N–H and O–H groups in total. The number of aromatic amines is 4. The first-order chi connectivity index (χ1) is 38.8. The van der Waals surface area contributed by atoms with E-state index in [1.807, 2.05) is 153 Å². The number of benzene rings is 4. The zero-order valence-corrected chi connectivity index (χ0v) is 46.5. The van der Waals surface area contributed by atoms with Crippen molar-refractivity contribution in [3.8, 4) is 56.5 Å². The van der Waals surface area contributed by atoms with Crippen molar-refractivity contribution in [3.05, 3.63) is 162 Å². The smallest absolute Gasteiger partial charge is 0.159 e. The number of imidazole rings is 2. The minimum Gasteiger partial charge on any atom is -0.384 e. The number of para-hydroxylation sites is 2. The molecule has 4 aromatic carbocycles. The summed E-state index contributed by atoms with van der Waals surface area (Å²) in [4.78, 5) is 36.0. The second kappa shape index (κ2) is 24.9. The molecule has 0 amide bonds. The van der Waals surface area contributed by atoms with Gasteiger partial charge in [-0.3, -0.25) is 25.1 Å². The van der Waals surface area contributed by atoms with Gasteiger partial charge in [-0.15, -0.1) is 0 Å². The first kappa shape index (κ1) is 55.4. The average Bonchev–Trinajstić information content (AvgIpc) is 4.42. The Morgan fingerprint density at radius 3 is 1.79 bits per heavy atom. The Kier molecular flexibility index (Phi) is 17.3. The molecule has 0 aliphatic carbocycles. The van der Waals surface area contributed by atoms with E-state index in [4.69, 9.17) is 9.97 Å². The molecule has 80 heavy (non-hydrogen) atoms. The van der Waals surface area contributed by atoms with Crippen molar-refractivity contribution in [2.75, 3.05) is 84.0 Å². The van der Waals surface area contributed by atoms with Crippen molar-refractivity contribution >= 4 is 67.8 Å². The summed E-state index contributed by atoms with van der Waals surface area (Å²) in [5, 5.41) is 24.5. The molecule has 0 radical (unpaired) electrons. The Morgan fingerprint density at radius 2 is 1.23 bits per heavy atom. The molecule has 18 heteroatoms. The summed E-state index contributed by atoms with van der Waals surface area (Å²) < 4.78 is 29.3. The van der Waals surface area contributed by atoms with Gasteiger partial charge in [-0.25, -0.2) is 18.7 Å². The highest BCUT2D eigenvalue weighted by molar-refractivity contribution is 5.99. The van der Waals surface area contributed by atoms with E-state index in [0.717, 1.165) is 118 Å². The van der Waals surface area contributed by atoms with Crippen LogP contribution >= 0.6 is 0 Å². The predicted octanol–water partition coefficient (Wildman–Crippen LogP) is 10.9. The number of rotatable bonds is 16. The Balaban J connectivity index is 0.000000188. The normalized spacial score (nSPS) is 11.8. The molecule has 7 aromatic heterocycles. The maximum atomic E-state index is 14.6. The number of allylic oxidation sites excluding steroid dienone is 1. The van der Waals surface area contributed by atoms with E-state index in [0.29, 0.717) is 36.1 Å².